The first-order chi connectivity index (χ1) is 10.4. The van der Waals surface area contributed by atoms with E-state index < -0.39 is 10.0 Å². The number of pyridine rings is 1. The average molecular weight is 341 g/mol. The Hall–Kier alpha value is -1.47. The van der Waals surface area contributed by atoms with Gasteiger partial charge in [0.25, 0.3) is 0 Å². The van der Waals surface area contributed by atoms with Gasteiger partial charge in [-0.3, -0.25) is 0 Å². The number of rotatable bonds is 6. The highest BCUT2D eigenvalue weighted by molar-refractivity contribution is 7.89. The van der Waals surface area contributed by atoms with Crippen molar-refractivity contribution >= 4 is 21.6 Å². The number of nitrogens with zero attached hydrogens (tertiary/aromatic N) is 2. The Kier molecular flexibility index (Phi) is 5.52. The van der Waals surface area contributed by atoms with Crippen molar-refractivity contribution < 1.29 is 13.5 Å². The van der Waals surface area contributed by atoms with Crippen LogP contribution in [0.4, 0.5) is 0 Å². The molecular formula is C15H17ClN2O3S. The summed E-state index contributed by atoms with van der Waals surface area (Å²) in [6, 6.07) is 10.7. The van der Waals surface area contributed by atoms with Gasteiger partial charge in [0, 0.05) is 19.3 Å². The van der Waals surface area contributed by atoms with Crippen molar-refractivity contribution in [3.63, 3.8) is 0 Å². The van der Waals surface area contributed by atoms with E-state index in [9.17, 15) is 13.5 Å². The highest BCUT2D eigenvalue weighted by atomic mass is 35.5. The van der Waals surface area contributed by atoms with E-state index in [1.807, 2.05) is 30.3 Å². The van der Waals surface area contributed by atoms with E-state index in [4.69, 9.17) is 11.6 Å². The first-order valence-electron chi connectivity index (χ1n) is 6.72. The van der Waals surface area contributed by atoms with Crippen LogP contribution in [0.25, 0.3) is 0 Å². The molecule has 22 heavy (non-hydrogen) atoms. The number of benzene rings is 1. The molecule has 0 saturated carbocycles. The lowest BCUT2D eigenvalue weighted by atomic mass is 10.2. The number of aromatic nitrogens is 1. The summed E-state index contributed by atoms with van der Waals surface area (Å²) in [5.74, 6) is 0. The number of aliphatic hydroxyl groups is 1. The number of halogens is 1. The van der Waals surface area contributed by atoms with Crippen molar-refractivity contribution in [1.29, 1.82) is 0 Å². The third-order valence-corrected chi connectivity index (χ3v) is 5.38. The van der Waals surface area contributed by atoms with Crippen LogP contribution in [0.1, 0.15) is 11.1 Å². The molecule has 0 amide bonds. The molecule has 0 aliphatic heterocycles. The van der Waals surface area contributed by atoms with Gasteiger partial charge in [0.15, 0.2) is 0 Å². The maximum Gasteiger partial charge on any atom is 0.244 e. The first-order valence-corrected chi connectivity index (χ1v) is 8.54. The highest BCUT2D eigenvalue weighted by Crippen LogP contribution is 2.21. The Morgan fingerprint density at radius 3 is 2.55 bits per heavy atom. The van der Waals surface area contributed by atoms with Gasteiger partial charge in [0.05, 0.1) is 6.61 Å². The van der Waals surface area contributed by atoms with E-state index in [1.165, 1.54) is 16.6 Å². The van der Waals surface area contributed by atoms with Crippen LogP contribution in [0, 0.1) is 6.92 Å². The monoisotopic (exact) mass is 340 g/mol. The van der Waals surface area contributed by atoms with E-state index in [-0.39, 0.29) is 29.7 Å². The van der Waals surface area contributed by atoms with Crippen LogP contribution in [-0.4, -0.2) is 36.0 Å². The van der Waals surface area contributed by atoms with Gasteiger partial charge in [-0.15, -0.1) is 0 Å². The Morgan fingerprint density at radius 2 is 1.95 bits per heavy atom. The van der Waals surface area contributed by atoms with Crippen LogP contribution in [0.5, 0.6) is 0 Å². The fraction of sp³-hybridized carbons (Fsp3) is 0.267. The summed E-state index contributed by atoms with van der Waals surface area (Å²) in [7, 11) is -3.75. The van der Waals surface area contributed by atoms with Crippen LogP contribution in [0.3, 0.4) is 0 Å². The van der Waals surface area contributed by atoms with E-state index in [2.05, 4.69) is 4.98 Å². The number of hydrogen-bond donors (Lipinski definition) is 1. The molecule has 0 atom stereocenters. The van der Waals surface area contributed by atoms with Gasteiger partial charge in [0.2, 0.25) is 10.0 Å². The minimum atomic E-state index is -3.75. The van der Waals surface area contributed by atoms with E-state index in [0.717, 1.165) is 5.56 Å². The minimum absolute atomic E-state index is 0.0128. The third-order valence-electron chi connectivity index (χ3n) is 3.18. The number of aryl methyl sites for hydroxylation is 1. The highest BCUT2D eigenvalue weighted by Gasteiger charge is 2.25. The predicted molar refractivity (Wildman–Crippen MR) is 85.1 cm³/mol. The quantitative estimate of drug-likeness (QED) is 0.819. The van der Waals surface area contributed by atoms with Crippen molar-refractivity contribution in [3.05, 3.63) is 58.9 Å². The molecular weight excluding hydrogens is 324 g/mol. The van der Waals surface area contributed by atoms with Gasteiger partial charge in [-0.1, -0.05) is 41.9 Å². The summed E-state index contributed by atoms with van der Waals surface area (Å²) in [5, 5.41) is 9.45. The minimum Gasteiger partial charge on any atom is -0.395 e. The first kappa shape index (κ1) is 16.9. The van der Waals surface area contributed by atoms with Crippen LogP contribution in [-0.2, 0) is 16.6 Å². The lowest BCUT2D eigenvalue weighted by Crippen LogP contribution is -2.33. The van der Waals surface area contributed by atoms with E-state index in [1.54, 1.807) is 6.92 Å². The molecule has 1 N–H and O–H groups in total. The fourth-order valence-corrected chi connectivity index (χ4v) is 3.56. The molecule has 0 aliphatic carbocycles. The Labute approximate surface area is 135 Å². The summed E-state index contributed by atoms with van der Waals surface area (Å²) in [6.07, 6.45) is 1.24. The zero-order valence-electron chi connectivity index (χ0n) is 12.1. The van der Waals surface area contributed by atoms with Crippen molar-refractivity contribution in [2.75, 3.05) is 13.2 Å². The lowest BCUT2D eigenvalue weighted by Gasteiger charge is -2.21. The van der Waals surface area contributed by atoms with Gasteiger partial charge in [-0.2, -0.15) is 4.31 Å². The Morgan fingerprint density at radius 1 is 1.27 bits per heavy atom. The molecule has 0 radical (unpaired) electrons. The zero-order valence-corrected chi connectivity index (χ0v) is 13.7. The fourth-order valence-electron chi connectivity index (χ4n) is 2.01. The smallest absolute Gasteiger partial charge is 0.244 e. The molecule has 7 heteroatoms. The molecule has 0 fully saturated rings. The second-order valence-corrected chi connectivity index (χ2v) is 7.12. The third kappa shape index (κ3) is 3.84. The van der Waals surface area contributed by atoms with E-state index in [0.29, 0.717) is 5.56 Å². The molecule has 2 aromatic rings. The van der Waals surface area contributed by atoms with Crippen LogP contribution >= 0.6 is 11.6 Å². The average Bonchev–Trinajstić information content (AvgIpc) is 2.50. The Balaban J connectivity index is 2.35. The zero-order chi connectivity index (χ0) is 16.2. The van der Waals surface area contributed by atoms with Gasteiger partial charge in [-0.05, 0) is 24.1 Å². The van der Waals surface area contributed by atoms with Crippen molar-refractivity contribution in [2.45, 2.75) is 18.4 Å². The number of sulfonamides is 1. The van der Waals surface area contributed by atoms with Crippen LogP contribution < -0.4 is 0 Å². The van der Waals surface area contributed by atoms with E-state index >= 15 is 0 Å². The Bertz CT molecular complexity index is 736. The summed E-state index contributed by atoms with van der Waals surface area (Å²) in [6.45, 7) is 1.64. The molecule has 1 heterocycles. The molecule has 1 aromatic heterocycles. The standard InChI is InChI=1S/C15H17ClN2O3S/c1-12-9-14(10-17-15(12)16)22(20,21)18(7-8-19)11-13-5-3-2-4-6-13/h2-6,9-10,19H,7-8,11H2,1H3. The van der Waals surface area contributed by atoms with Gasteiger partial charge in [0.1, 0.15) is 10.0 Å². The summed E-state index contributed by atoms with van der Waals surface area (Å²) >= 11 is 5.84. The van der Waals surface area contributed by atoms with Gasteiger partial charge in [-0.25, -0.2) is 13.4 Å². The molecule has 5 nitrogen and oxygen atoms in total. The normalized spacial score (nSPS) is 11.8. The van der Waals surface area contributed by atoms with Crippen LogP contribution in [0.2, 0.25) is 5.15 Å². The largest absolute Gasteiger partial charge is 0.395 e. The molecule has 118 valence electrons. The SMILES string of the molecule is Cc1cc(S(=O)(=O)N(CCO)Cc2ccccc2)cnc1Cl. The topological polar surface area (TPSA) is 70.5 Å². The summed E-state index contributed by atoms with van der Waals surface area (Å²) in [5.41, 5.74) is 1.43. The van der Waals surface area contributed by atoms with Crippen LogP contribution in [0.15, 0.2) is 47.5 Å². The van der Waals surface area contributed by atoms with Gasteiger partial charge >= 0.3 is 0 Å². The van der Waals surface area contributed by atoms with Gasteiger partial charge < -0.3 is 5.11 Å². The molecule has 0 spiro atoms. The maximum absolute atomic E-state index is 12.7. The molecule has 0 bridgehead atoms. The van der Waals surface area contributed by atoms with Crippen molar-refractivity contribution in [1.82, 2.24) is 9.29 Å². The van der Waals surface area contributed by atoms with Crippen molar-refractivity contribution in [3.8, 4) is 0 Å². The molecule has 0 unspecified atom stereocenters. The molecule has 0 saturated heterocycles. The maximum atomic E-state index is 12.7. The molecule has 0 aliphatic rings. The van der Waals surface area contributed by atoms with Crippen molar-refractivity contribution in [2.24, 2.45) is 0 Å². The second-order valence-electron chi connectivity index (χ2n) is 4.83. The second kappa shape index (κ2) is 7.19. The lowest BCUT2D eigenvalue weighted by molar-refractivity contribution is 0.251. The number of hydrogen-bond acceptors (Lipinski definition) is 4. The summed E-state index contributed by atoms with van der Waals surface area (Å²) < 4.78 is 26.7. The molecule has 2 rings (SSSR count). The molecule has 1 aromatic carbocycles. The predicted octanol–water partition coefficient (Wildman–Crippen LogP) is 2.23. The summed E-state index contributed by atoms with van der Waals surface area (Å²) in [4.78, 5) is 3.96. The number of aliphatic hydroxyl groups excluding tert-OH is 1.